The Morgan fingerprint density at radius 1 is 1.47 bits per heavy atom. The van der Waals surface area contributed by atoms with Crippen LogP contribution in [-0.4, -0.2) is 42.7 Å². The Morgan fingerprint density at radius 2 is 2.18 bits per heavy atom. The van der Waals surface area contributed by atoms with Crippen LogP contribution in [0.1, 0.15) is 22.8 Å². The average Bonchev–Trinajstić information content (AvgIpc) is 2.35. The molecule has 0 saturated carbocycles. The van der Waals surface area contributed by atoms with E-state index in [9.17, 15) is 4.79 Å². The third-order valence-electron chi connectivity index (χ3n) is 2.78. The summed E-state index contributed by atoms with van der Waals surface area (Å²) in [6.07, 6.45) is 0. The van der Waals surface area contributed by atoms with Gasteiger partial charge in [-0.25, -0.2) is 0 Å². The smallest absolute Gasteiger partial charge is 0.254 e. The van der Waals surface area contributed by atoms with Gasteiger partial charge in [0.15, 0.2) is 0 Å². The Kier molecular flexibility index (Phi) is 4.97. The van der Waals surface area contributed by atoms with E-state index in [1.54, 1.807) is 4.90 Å². The Balaban J connectivity index is 2.95. The number of rotatable bonds is 5. The van der Waals surface area contributed by atoms with Crippen LogP contribution >= 0.6 is 0 Å². The molecule has 0 spiro atoms. The summed E-state index contributed by atoms with van der Waals surface area (Å²) in [4.78, 5) is 13.8. The van der Waals surface area contributed by atoms with Gasteiger partial charge in [-0.2, -0.15) is 0 Å². The fourth-order valence-electron chi connectivity index (χ4n) is 1.75. The number of benzene rings is 1. The quantitative estimate of drug-likeness (QED) is 0.814. The summed E-state index contributed by atoms with van der Waals surface area (Å²) in [6, 6.07) is 5.65. The highest BCUT2D eigenvalue weighted by Gasteiger charge is 2.15. The minimum atomic E-state index is -0.0262. The van der Waals surface area contributed by atoms with E-state index in [1.165, 1.54) is 0 Å². The first-order valence-corrected chi connectivity index (χ1v) is 5.82. The summed E-state index contributed by atoms with van der Waals surface area (Å²) in [5, 5.41) is 11.9. The second kappa shape index (κ2) is 6.25. The van der Waals surface area contributed by atoms with Gasteiger partial charge in [0.1, 0.15) is 0 Å². The largest absolute Gasteiger partial charge is 0.395 e. The fourth-order valence-corrected chi connectivity index (χ4v) is 1.75. The van der Waals surface area contributed by atoms with Crippen molar-refractivity contribution < 1.29 is 9.90 Å². The Hall–Kier alpha value is -1.55. The van der Waals surface area contributed by atoms with Gasteiger partial charge in [0.05, 0.1) is 6.61 Å². The van der Waals surface area contributed by atoms with Crippen LogP contribution in [0.5, 0.6) is 0 Å². The molecule has 4 heteroatoms. The number of nitrogens with one attached hydrogen (secondary N) is 1. The predicted molar refractivity (Wildman–Crippen MR) is 69.4 cm³/mol. The molecule has 0 unspecified atom stereocenters. The molecule has 0 aliphatic carbocycles. The Labute approximate surface area is 102 Å². The molecule has 17 heavy (non-hydrogen) atoms. The zero-order chi connectivity index (χ0) is 12.8. The van der Waals surface area contributed by atoms with Crippen molar-refractivity contribution in [3.8, 4) is 0 Å². The highest BCUT2D eigenvalue weighted by atomic mass is 16.3. The van der Waals surface area contributed by atoms with Gasteiger partial charge in [-0.15, -0.1) is 0 Å². The van der Waals surface area contributed by atoms with Gasteiger partial charge >= 0.3 is 0 Å². The summed E-state index contributed by atoms with van der Waals surface area (Å²) in [7, 11) is 1.85. The van der Waals surface area contributed by atoms with Crippen LogP contribution in [0.2, 0.25) is 0 Å². The molecule has 1 aromatic carbocycles. The van der Waals surface area contributed by atoms with Crippen molar-refractivity contribution in [2.24, 2.45) is 0 Å². The first kappa shape index (κ1) is 13.5. The summed E-state index contributed by atoms with van der Waals surface area (Å²) >= 11 is 0. The number of likely N-dealkylation sites (N-methyl/N-ethyl adjacent to an activating group) is 1. The molecule has 0 aromatic heterocycles. The van der Waals surface area contributed by atoms with Crippen LogP contribution in [0.4, 0.5) is 5.69 Å². The Bertz CT molecular complexity index is 391. The number of hydrogen-bond acceptors (Lipinski definition) is 3. The van der Waals surface area contributed by atoms with E-state index in [4.69, 9.17) is 5.11 Å². The van der Waals surface area contributed by atoms with Crippen LogP contribution in [0.3, 0.4) is 0 Å². The van der Waals surface area contributed by atoms with Crippen LogP contribution in [0, 0.1) is 6.92 Å². The first-order valence-electron chi connectivity index (χ1n) is 5.82. The zero-order valence-electron chi connectivity index (χ0n) is 10.7. The normalized spacial score (nSPS) is 10.1. The lowest BCUT2D eigenvalue weighted by Crippen LogP contribution is -2.33. The third kappa shape index (κ3) is 3.20. The monoisotopic (exact) mass is 236 g/mol. The number of aryl methyl sites for hydroxylation is 1. The van der Waals surface area contributed by atoms with E-state index in [1.807, 2.05) is 39.1 Å². The lowest BCUT2D eigenvalue weighted by Gasteiger charge is -2.21. The number of carbonyl (C=O) groups is 1. The van der Waals surface area contributed by atoms with E-state index in [2.05, 4.69) is 5.32 Å². The van der Waals surface area contributed by atoms with E-state index in [-0.39, 0.29) is 12.5 Å². The number of anilines is 1. The maximum absolute atomic E-state index is 12.2. The number of aliphatic hydroxyl groups excluding tert-OH is 1. The lowest BCUT2D eigenvalue weighted by atomic mass is 10.1. The van der Waals surface area contributed by atoms with Crippen molar-refractivity contribution in [2.75, 3.05) is 32.1 Å². The zero-order valence-corrected chi connectivity index (χ0v) is 10.7. The standard InChI is InChI=1S/C13H20N2O2/c1-4-15(7-8-16)13(17)12-6-5-11(14-3)9-10(12)2/h5-6,9,14,16H,4,7-8H2,1-3H3. The molecule has 1 amide bonds. The van der Waals surface area contributed by atoms with Gasteiger partial charge in [0.25, 0.3) is 5.91 Å². The maximum atomic E-state index is 12.2. The molecule has 0 aliphatic rings. The molecule has 4 nitrogen and oxygen atoms in total. The minimum Gasteiger partial charge on any atom is -0.395 e. The van der Waals surface area contributed by atoms with Crippen molar-refractivity contribution in [1.29, 1.82) is 0 Å². The number of aliphatic hydroxyl groups is 1. The highest BCUT2D eigenvalue weighted by molar-refractivity contribution is 5.96. The van der Waals surface area contributed by atoms with Crippen LogP contribution in [-0.2, 0) is 0 Å². The van der Waals surface area contributed by atoms with Gasteiger partial charge in [-0.1, -0.05) is 0 Å². The van der Waals surface area contributed by atoms with Gasteiger partial charge in [0, 0.05) is 31.4 Å². The molecule has 0 heterocycles. The molecule has 94 valence electrons. The predicted octanol–water partition coefficient (Wildman–Crippen LogP) is 1.49. The molecule has 1 aromatic rings. The van der Waals surface area contributed by atoms with Crippen LogP contribution < -0.4 is 5.32 Å². The van der Waals surface area contributed by atoms with Gasteiger partial charge < -0.3 is 15.3 Å². The average molecular weight is 236 g/mol. The molecular weight excluding hydrogens is 216 g/mol. The molecule has 0 saturated heterocycles. The van der Waals surface area contributed by atoms with Crippen molar-refractivity contribution in [3.63, 3.8) is 0 Å². The van der Waals surface area contributed by atoms with Gasteiger partial charge in [0.2, 0.25) is 0 Å². The number of nitrogens with zero attached hydrogens (tertiary/aromatic N) is 1. The van der Waals surface area contributed by atoms with Crippen LogP contribution in [0.15, 0.2) is 18.2 Å². The van der Waals surface area contributed by atoms with E-state index in [0.717, 1.165) is 11.3 Å². The van der Waals surface area contributed by atoms with Gasteiger partial charge in [-0.05, 0) is 37.6 Å². The summed E-state index contributed by atoms with van der Waals surface area (Å²) in [5.41, 5.74) is 2.63. The molecule has 2 N–H and O–H groups in total. The molecule has 0 radical (unpaired) electrons. The molecule has 0 atom stereocenters. The van der Waals surface area contributed by atoms with Crippen molar-refractivity contribution in [3.05, 3.63) is 29.3 Å². The summed E-state index contributed by atoms with van der Waals surface area (Å²) < 4.78 is 0. The molecule has 0 aliphatic heterocycles. The summed E-state index contributed by atoms with van der Waals surface area (Å²) in [5.74, 6) is -0.0262. The second-order valence-electron chi connectivity index (χ2n) is 3.89. The lowest BCUT2D eigenvalue weighted by molar-refractivity contribution is 0.0731. The molecular formula is C13H20N2O2. The van der Waals surface area contributed by atoms with Crippen molar-refractivity contribution >= 4 is 11.6 Å². The Morgan fingerprint density at radius 3 is 2.65 bits per heavy atom. The maximum Gasteiger partial charge on any atom is 0.254 e. The number of carbonyl (C=O) groups excluding carboxylic acids is 1. The van der Waals surface area contributed by atoms with Crippen LogP contribution in [0.25, 0.3) is 0 Å². The molecule has 1 rings (SSSR count). The van der Waals surface area contributed by atoms with E-state index in [0.29, 0.717) is 18.7 Å². The van der Waals surface area contributed by atoms with E-state index < -0.39 is 0 Å². The van der Waals surface area contributed by atoms with Crippen molar-refractivity contribution in [2.45, 2.75) is 13.8 Å². The SMILES string of the molecule is CCN(CCO)C(=O)c1ccc(NC)cc1C. The number of hydrogen-bond donors (Lipinski definition) is 2. The molecule has 0 fully saturated rings. The van der Waals surface area contributed by atoms with E-state index >= 15 is 0 Å². The number of amides is 1. The highest BCUT2D eigenvalue weighted by Crippen LogP contribution is 2.16. The summed E-state index contributed by atoms with van der Waals surface area (Å²) in [6.45, 7) is 4.80. The fraction of sp³-hybridized carbons (Fsp3) is 0.462. The van der Waals surface area contributed by atoms with Crippen molar-refractivity contribution in [1.82, 2.24) is 4.90 Å². The topological polar surface area (TPSA) is 52.6 Å². The third-order valence-corrected chi connectivity index (χ3v) is 2.78. The minimum absolute atomic E-state index is 0.00672. The van der Waals surface area contributed by atoms with Gasteiger partial charge in [-0.3, -0.25) is 4.79 Å². The molecule has 0 bridgehead atoms. The first-order chi connectivity index (χ1) is 8.13. The second-order valence-corrected chi connectivity index (χ2v) is 3.89.